The van der Waals surface area contributed by atoms with Gasteiger partial charge in [0.2, 0.25) is 0 Å². The predicted octanol–water partition coefficient (Wildman–Crippen LogP) is 1.86. The smallest absolute Gasteiger partial charge is 0.264 e. The molecule has 0 amide bonds. The van der Waals surface area contributed by atoms with Crippen molar-refractivity contribution in [2.45, 2.75) is 13.1 Å². The van der Waals surface area contributed by atoms with Crippen LogP contribution in [-0.4, -0.2) is 25.9 Å². The van der Waals surface area contributed by atoms with Crippen molar-refractivity contribution in [3.8, 4) is 5.75 Å². The van der Waals surface area contributed by atoms with Crippen LogP contribution in [0.1, 0.15) is 0 Å². The molecule has 1 aromatic carbocycles. The fourth-order valence-electron chi connectivity index (χ4n) is 2.20. The minimum Gasteiger partial charge on any atom is -0.492 e. The molecule has 0 saturated heterocycles. The number of rotatable bonds is 6. The van der Waals surface area contributed by atoms with Crippen LogP contribution in [-0.2, 0) is 13.1 Å². The number of nitrogens with zero attached hydrogens (tertiary/aromatic N) is 4. The average Bonchev–Trinajstić information content (AvgIpc) is 2.95. The molecule has 22 heavy (non-hydrogen) atoms. The van der Waals surface area contributed by atoms with Crippen molar-refractivity contribution in [2.75, 3.05) is 6.61 Å². The van der Waals surface area contributed by atoms with Gasteiger partial charge in [0.25, 0.3) is 5.56 Å². The van der Waals surface area contributed by atoms with Gasteiger partial charge in [-0.05, 0) is 12.1 Å². The van der Waals surface area contributed by atoms with Crippen LogP contribution in [0.25, 0.3) is 11.0 Å². The van der Waals surface area contributed by atoms with Gasteiger partial charge in [0.05, 0.1) is 12.7 Å². The zero-order chi connectivity index (χ0) is 15.4. The average molecular weight is 296 g/mol. The highest BCUT2D eigenvalue weighted by Crippen LogP contribution is 2.09. The highest BCUT2D eigenvalue weighted by molar-refractivity contribution is 5.72. The molecule has 0 aliphatic heterocycles. The summed E-state index contributed by atoms with van der Waals surface area (Å²) in [6.07, 6.45) is 4.72. The normalized spacial score (nSPS) is 10.7. The molecule has 112 valence electrons. The Labute approximate surface area is 127 Å². The fraction of sp³-hybridized carbons (Fsp3) is 0.188. The highest BCUT2D eigenvalue weighted by atomic mass is 16.5. The number of para-hydroxylation sites is 1. The minimum absolute atomic E-state index is 0.111. The number of hydrogen-bond donors (Lipinski definition) is 0. The summed E-state index contributed by atoms with van der Waals surface area (Å²) < 4.78 is 8.82. The Morgan fingerprint density at radius 1 is 1.27 bits per heavy atom. The molecule has 0 radical (unpaired) electrons. The quantitative estimate of drug-likeness (QED) is 0.651. The summed E-state index contributed by atoms with van der Waals surface area (Å²) in [4.78, 5) is 16.5. The second-order valence-electron chi connectivity index (χ2n) is 4.76. The molecule has 0 aliphatic rings. The summed E-state index contributed by atoms with van der Waals surface area (Å²) in [6.45, 7) is 5.04. The van der Waals surface area contributed by atoms with Crippen molar-refractivity contribution in [1.82, 2.24) is 19.3 Å². The van der Waals surface area contributed by atoms with Gasteiger partial charge in [0, 0.05) is 6.54 Å². The summed E-state index contributed by atoms with van der Waals surface area (Å²) in [5.74, 6) is 0.806. The van der Waals surface area contributed by atoms with Crippen LogP contribution in [0.2, 0.25) is 0 Å². The lowest BCUT2D eigenvalue weighted by Crippen LogP contribution is -2.20. The van der Waals surface area contributed by atoms with Crippen molar-refractivity contribution < 1.29 is 4.74 Å². The molecule has 6 nitrogen and oxygen atoms in total. The van der Waals surface area contributed by atoms with Crippen molar-refractivity contribution in [3.63, 3.8) is 0 Å². The highest BCUT2D eigenvalue weighted by Gasteiger charge is 2.09. The molecule has 0 unspecified atom stereocenters. The number of allylic oxidation sites excluding steroid dienone is 1. The van der Waals surface area contributed by atoms with Gasteiger partial charge in [-0.1, -0.05) is 24.3 Å². The topological polar surface area (TPSA) is 61.9 Å². The Kier molecular flexibility index (Phi) is 4.00. The van der Waals surface area contributed by atoms with Crippen LogP contribution in [0.4, 0.5) is 0 Å². The lowest BCUT2D eigenvalue weighted by molar-refractivity contribution is 0.293. The Hall–Kier alpha value is -2.89. The molecule has 0 aliphatic carbocycles. The number of benzene rings is 1. The predicted molar refractivity (Wildman–Crippen MR) is 83.9 cm³/mol. The van der Waals surface area contributed by atoms with Crippen LogP contribution in [0.3, 0.4) is 0 Å². The standard InChI is InChI=1S/C16H16N4O2/c1-2-8-19-12-17-15-14(16(19)21)11-18-20(15)9-10-22-13-6-4-3-5-7-13/h2-7,11-12H,1,8-10H2. The first-order valence-corrected chi connectivity index (χ1v) is 6.99. The number of aromatic nitrogens is 4. The van der Waals surface area contributed by atoms with Gasteiger partial charge in [-0.15, -0.1) is 6.58 Å². The molecular weight excluding hydrogens is 280 g/mol. The number of hydrogen-bond acceptors (Lipinski definition) is 4. The first-order chi connectivity index (χ1) is 10.8. The molecule has 2 aromatic heterocycles. The van der Waals surface area contributed by atoms with E-state index in [9.17, 15) is 4.79 Å². The molecule has 2 heterocycles. The first kappa shape index (κ1) is 14.1. The molecule has 0 N–H and O–H groups in total. The first-order valence-electron chi connectivity index (χ1n) is 6.99. The van der Waals surface area contributed by atoms with E-state index in [0.717, 1.165) is 5.75 Å². The molecule has 0 bridgehead atoms. The van der Waals surface area contributed by atoms with E-state index < -0.39 is 0 Å². The van der Waals surface area contributed by atoms with Gasteiger partial charge < -0.3 is 4.74 Å². The van der Waals surface area contributed by atoms with Gasteiger partial charge in [-0.2, -0.15) is 5.10 Å². The largest absolute Gasteiger partial charge is 0.492 e. The van der Waals surface area contributed by atoms with Gasteiger partial charge in [-0.3, -0.25) is 9.36 Å². The summed E-state index contributed by atoms with van der Waals surface area (Å²) in [7, 11) is 0. The molecule has 0 atom stereocenters. The van der Waals surface area contributed by atoms with E-state index in [4.69, 9.17) is 4.74 Å². The summed E-state index contributed by atoms with van der Waals surface area (Å²) >= 11 is 0. The Morgan fingerprint density at radius 3 is 2.86 bits per heavy atom. The molecule has 0 spiro atoms. The van der Waals surface area contributed by atoms with Crippen molar-refractivity contribution in [2.24, 2.45) is 0 Å². The van der Waals surface area contributed by atoms with Gasteiger partial charge in [0.15, 0.2) is 5.65 Å². The van der Waals surface area contributed by atoms with Gasteiger partial charge in [0.1, 0.15) is 24.1 Å². The van der Waals surface area contributed by atoms with Gasteiger partial charge >= 0.3 is 0 Å². The van der Waals surface area contributed by atoms with E-state index in [2.05, 4.69) is 16.7 Å². The molecular formula is C16H16N4O2. The summed E-state index contributed by atoms with van der Waals surface area (Å²) in [5.41, 5.74) is 0.460. The zero-order valence-electron chi connectivity index (χ0n) is 12.1. The fourth-order valence-corrected chi connectivity index (χ4v) is 2.20. The van der Waals surface area contributed by atoms with E-state index in [1.807, 2.05) is 30.3 Å². The van der Waals surface area contributed by atoms with Crippen LogP contribution >= 0.6 is 0 Å². The summed E-state index contributed by atoms with van der Waals surface area (Å²) in [6, 6.07) is 9.57. The van der Waals surface area contributed by atoms with Crippen molar-refractivity contribution in [1.29, 1.82) is 0 Å². The van der Waals surface area contributed by atoms with E-state index in [0.29, 0.717) is 30.7 Å². The molecule has 6 heteroatoms. The van der Waals surface area contributed by atoms with E-state index in [-0.39, 0.29) is 5.56 Å². The van der Waals surface area contributed by atoms with Crippen LogP contribution in [0, 0.1) is 0 Å². The molecule has 3 aromatic rings. The maximum Gasteiger partial charge on any atom is 0.264 e. The van der Waals surface area contributed by atoms with E-state index in [1.54, 1.807) is 17.0 Å². The van der Waals surface area contributed by atoms with Crippen LogP contribution < -0.4 is 10.3 Å². The maximum absolute atomic E-state index is 12.2. The second-order valence-corrected chi connectivity index (χ2v) is 4.76. The van der Waals surface area contributed by atoms with E-state index >= 15 is 0 Å². The Bertz CT molecular complexity index is 836. The van der Waals surface area contributed by atoms with Crippen LogP contribution in [0.5, 0.6) is 5.75 Å². The number of ether oxygens (including phenoxy) is 1. The SMILES string of the molecule is C=CCn1cnc2c(cnn2CCOc2ccccc2)c1=O. The molecule has 0 saturated carbocycles. The third-order valence-electron chi connectivity index (χ3n) is 3.26. The van der Waals surface area contributed by atoms with Gasteiger partial charge in [-0.25, -0.2) is 9.67 Å². The zero-order valence-corrected chi connectivity index (χ0v) is 12.1. The monoisotopic (exact) mass is 296 g/mol. The maximum atomic E-state index is 12.2. The van der Waals surface area contributed by atoms with Crippen LogP contribution in [0.15, 0.2) is 60.3 Å². The van der Waals surface area contributed by atoms with Crippen molar-refractivity contribution >= 4 is 11.0 Å². The third-order valence-corrected chi connectivity index (χ3v) is 3.26. The van der Waals surface area contributed by atoms with Crippen molar-refractivity contribution in [3.05, 3.63) is 65.9 Å². The third kappa shape index (κ3) is 2.76. The lowest BCUT2D eigenvalue weighted by atomic mass is 10.3. The Morgan fingerprint density at radius 2 is 2.09 bits per heavy atom. The Balaban J connectivity index is 1.76. The second kappa shape index (κ2) is 6.26. The van der Waals surface area contributed by atoms with E-state index in [1.165, 1.54) is 10.9 Å². The lowest BCUT2D eigenvalue weighted by Gasteiger charge is -2.07. The molecule has 0 fully saturated rings. The minimum atomic E-state index is -0.111. The summed E-state index contributed by atoms with van der Waals surface area (Å²) in [5, 5.41) is 4.73. The number of fused-ring (bicyclic) bond motifs is 1. The molecule has 3 rings (SSSR count).